The Hall–Kier alpha value is -1.06. The molecule has 1 amide bonds. The molecule has 20 heavy (non-hydrogen) atoms. The van der Waals surface area contributed by atoms with Gasteiger partial charge in [-0.3, -0.25) is 4.79 Å². The van der Waals surface area contributed by atoms with Gasteiger partial charge in [0.25, 0.3) is 0 Å². The van der Waals surface area contributed by atoms with Crippen molar-refractivity contribution in [3.8, 4) is 0 Å². The molecular formula is C16H21ClN2O. The lowest BCUT2D eigenvalue weighted by Crippen LogP contribution is -2.52. The van der Waals surface area contributed by atoms with Crippen LogP contribution in [0.4, 0.5) is 0 Å². The second kappa shape index (κ2) is 5.74. The zero-order chi connectivity index (χ0) is 14.1. The van der Waals surface area contributed by atoms with Gasteiger partial charge in [-0.1, -0.05) is 23.7 Å². The SMILES string of the molecule is CC1NCCCC1NC(=O)C1CC1c1cccc(Cl)c1. The van der Waals surface area contributed by atoms with Crippen LogP contribution in [0, 0.1) is 5.92 Å². The predicted octanol–water partition coefficient (Wildman–Crippen LogP) is 2.70. The molecule has 108 valence electrons. The smallest absolute Gasteiger partial charge is 0.224 e. The van der Waals surface area contributed by atoms with Crippen LogP contribution in [0.5, 0.6) is 0 Å². The van der Waals surface area contributed by atoms with E-state index in [0.717, 1.165) is 30.8 Å². The second-order valence-electron chi connectivity index (χ2n) is 6.00. The minimum Gasteiger partial charge on any atom is -0.352 e. The van der Waals surface area contributed by atoms with Crippen LogP contribution in [-0.4, -0.2) is 24.5 Å². The highest BCUT2D eigenvalue weighted by Gasteiger charge is 2.44. The van der Waals surface area contributed by atoms with Crippen molar-refractivity contribution in [1.82, 2.24) is 10.6 Å². The van der Waals surface area contributed by atoms with Gasteiger partial charge in [-0.2, -0.15) is 0 Å². The van der Waals surface area contributed by atoms with Crippen molar-refractivity contribution in [3.63, 3.8) is 0 Å². The first kappa shape index (κ1) is 13.9. The zero-order valence-corrected chi connectivity index (χ0v) is 12.5. The molecular weight excluding hydrogens is 272 g/mol. The topological polar surface area (TPSA) is 41.1 Å². The standard InChI is InChI=1S/C16H21ClN2O/c1-10-15(6-3-7-18-10)19-16(20)14-9-13(14)11-4-2-5-12(17)8-11/h2,4-5,8,10,13-15,18H,3,6-7,9H2,1H3,(H,19,20). The molecule has 0 aromatic heterocycles. The van der Waals surface area contributed by atoms with E-state index in [9.17, 15) is 4.79 Å². The lowest BCUT2D eigenvalue weighted by atomic mass is 9.99. The largest absolute Gasteiger partial charge is 0.352 e. The average Bonchev–Trinajstić information content (AvgIpc) is 3.22. The summed E-state index contributed by atoms with van der Waals surface area (Å²) in [5.74, 6) is 0.679. The fourth-order valence-corrected chi connectivity index (χ4v) is 3.32. The summed E-state index contributed by atoms with van der Waals surface area (Å²) in [7, 11) is 0. The molecule has 1 heterocycles. The third kappa shape index (κ3) is 2.99. The molecule has 0 radical (unpaired) electrons. The summed E-state index contributed by atoms with van der Waals surface area (Å²) in [5.41, 5.74) is 1.19. The van der Waals surface area contributed by atoms with E-state index < -0.39 is 0 Å². The van der Waals surface area contributed by atoms with E-state index in [1.807, 2.05) is 18.2 Å². The molecule has 2 fully saturated rings. The Morgan fingerprint density at radius 3 is 3.05 bits per heavy atom. The maximum atomic E-state index is 12.3. The maximum absolute atomic E-state index is 12.3. The fourth-order valence-electron chi connectivity index (χ4n) is 3.12. The van der Waals surface area contributed by atoms with E-state index in [0.29, 0.717) is 12.0 Å². The molecule has 4 atom stereocenters. The molecule has 4 heteroatoms. The van der Waals surface area contributed by atoms with Gasteiger partial charge in [0.2, 0.25) is 5.91 Å². The van der Waals surface area contributed by atoms with E-state index in [2.05, 4.69) is 23.6 Å². The summed E-state index contributed by atoms with van der Waals surface area (Å²) >= 11 is 6.01. The van der Waals surface area contributed by atoms with E-state index in [-0.39, 0.29) is 17.9 Å². The molecule has 1 saturated carbocycles. The molecule has 2 N–H and O–H groups in total. The Bertz CT molecular complexity index is 505. The Labute approximate surface area is 125 Å². The molecule has 3 nitrogen and oxygen atoms in total. The first-order chi connectivity index (χ1) is 9.65. The van der Waals surface area contributed by atoms with Crippen LogP contribution in [0.2, 0.25) is 5.02 Å². The Morgan fingerprint density at radius 2 is 2.30 bits per heavy atom. The molecule has 1 aromatic carbocycles. The first-order valence-corrected chi connectivity index (χ1v) is 7.82. The number of halogens is 1. The van der Waals surface area contributed by atoms with Gasteiger partial charge in [0.1, 0.15) is 0 Å². The highest BCUT2D eigenvalue weighted by Crippen LogP contribution is 2.48. The van der Waals surface area contributed by atoms with Crippen molar-refractivity contribution in [2.24, 2.45) is 5.92 Å². The van der Waals surface area contributed by atoms with Gasteiger partial charge in [-0.25, -0.2) is 0 Å². The molecule has 2 aliphatic rings. The number of hydrogen-bond donors (Lipinski definition) is 2. The highest BCUT2D eigenvalue weighted by atomic mass is 35.5. The lowest BCUT2D eigenvalue weighted by Gasteiger charge is -2.30. The van der Waals surface area contributed by atoms with Gasteiger partial charge in [0.15, 0.2) is 0 Å². The number of carbonyl (C=O) groups is 1. The second-order valence-corrected chi connectivity index (χ2v) is 6.44. The van der Waals surface area contributed by atoms with E-state index in [4.69, 9.17) is 11.6 Å². The maximum Gasteiger partial charge on any atom is 0.224 e. The van der Waals surface area contributed by atoms with Crippen LogP contribution in [-0.2, 0) is 4.79 Å². The molecule has 3 rings (SSSR count). The summed E-state index contributed by atoms with van der Waals surface area (Å²) < 4.78 is 0. The van der Waals surface area contributed by atoms with Crippen LogP contribution in [0.25, 0.3) is 0 Å². The minimum absolute atomic E-state index is 0.127. The van der Waals surface area contributed by atoms with Crippen LogP contribution < -0.4 is 10.6 Å². The van der Waals surface area contributed by atoms with Gasteiger partial charge in [-0.15, -0.1) is 0 Å². The van der Waals surface area contributed by atoms with Crippen molar-refractivity contribution in [3.05, 3.63) is 34.9 Å². The summed E-state index contributed by atoms with van der Waals surface area (Å²) in [6, 6.07) is 8.52. The summed E-state index contributed by atoms with van der Waals surface area (Å²) in [4.78, 5) is 12.3. The van der Waals surface area contributed by atoms with Crippen LogP contribution in [0.1, 0.15) is 37.7 Å². The molecule has 1 saturated heterocycles. The van der Waals surface area contributed by atoms with E-state index in [1.165, 1.54) is 5.56 Å². The number of amides is 1. The number of nitrogens with one attached hydrogen (secondary N) is 2. The van der Waals surface area contributed by atoms with Gasteiger partial charge in [0.05, 0.1) is 0 Å². The van der Waals surface area contributed by atoms with Gasteiger partial charge in [0, 0.05) is 23.0 Å². The normalized spacial score (nSPS) is 32.7. The van der Waals surface area contributed by atoms with E-state index >= 15 is 0 Å². The number of hydrogen-bond acceptors (Lipinski definition) is 2. The Balaban J connectivity index is 1.57. The first-order valence-electron chi connectivity index (χ1n) is 7.44. The Kier molecular flexibility index (Phi) is 3.99. The lowest BCUT2D eigenvalue weighted by molar-refractivity contribution is -0.123. The van der Waals surface area contributed by atoms with Crippen molar-refractivity contribution >= 4 is 17.5 Å². The molecule has 1 aromatic rings. The monoisotopic (exact) mass is 292 g/mol. The summed E-state index contributed by atoms with van der Waals surface area (Å²) in [6.45, 7) is 3.20. The molecule has 1 aliphatic carbocycles. The van der Waals surface area contributed by atoms with Crippen LogP contribution in [0.3, 0.4) is 0 Å². The quantitative estimate of drug-likeness (QED) is 0.899. The Morgan fingerprint density at radius 1 is 1.45 bits per heavy atom. The van der Waals surface area contributed by atoms with E-state index in [1.54, 1.807) is 0 Å². The van der Waals surface area contributed by atoms with Crippen molar-refractivity contribution in [1.29, 1.82) is 0 Å². The summed E-state index contributed by atoms with van der Waals surface area (Å²) in [6.07, 6.45) is 3.16. The molecule has 0 bridgehead atoms. The predicted molar refractivity (Wildman–Crippen MR) is 80.9 cm³/mol. The highest BCUT2D eigenvalue weighted by molar-refractivity contribution is 6.30. The van der Waals surface area contributed by atoms with Crippen molar-refractivity contribution in [2.45, 2.75) is 44.2 Å². The number of carbonyl (C=O) groups excluding carboxylic acids is 1. The van der Waals surface area contributed by atoms with Gasteiger partial charge in [-0.05, 0) is 56.3 Å². The fraction of sp³-hybridized carbons (Fsp3) is 0.562. The van der Waals surface area contributed by atoms with Crippen molar-refractivity contribution in [2.75, 3.05) is 6.54 Å². The third-order valence-electron chi connectivity index (χ3n) is 4.49. The minimum atomic E-state index is 0.127. The van der Waals surface area contributed by atoms with Crippen molar-refractivity contribution < 1.29 is 4.79 Å². The summed E-state index contributed by atoms with van der Waals surface area (Å²) in [5, 5.41) is 7.37. The van der Waals surface area contributed by atoms with Gasteiger partial charge >= 0.3 is 0 Å². The zero-order valence-electron chi connectivity index (χ0n) is 11.7. The van der Waals surface area contributed by atoms with Crippen LogP contribution >= 0.6 is 11.6 Å². The molecule has 1 aliphatic heterocycles. The molecule has 4 unspecified atom stereocenters. The number of piperidine rings is 1. The van der Waals surface area contributed by atoms with Gasteiger partial charge < -0.3 is 10.6 Å². The number of benzene rings is 1. The van der Waals surface area contributed by atoms with Crippen LogP contribution in [0.15, 0.2) is 24.3 Å². The molecule has 0 spiro atoms. The third-order valence-corrected chi connectivity index (χ3v) is 4.73. The number of rotatable bonds is 3. The average molecular weight is 293 g/mol.